The first-order valence-corrected chi connectivity index (χ1v) is 6.74. The zero-order valence-electron chi connectivity index (χ0n) is 12.0. The number of aryl methyl sites for hydroxylation is 1. The van der Waals surface area contributed by atoms with Crippen molar-refractivity contribution in [3.05, 3.63) is 29.3 Å². The highest BCUT2D eigenvalue weighted by Crippen LogP contribution is 2.20. The maximum absolute atomic E-state index is 11.7. The summed E-state index contributed by atoms with van der Waals surface area (Å²) >= 11 is 0. The molecule has 0 fully saturated rings. The van der Waals surface area contributed by atoms with Gasteiger partial charge in [-0.1, -0.05) is 19.1 Å². The molecule has 0 spiro atoms. The van der Waals surface area contributed by atoms with E-state index in [-0.39, 0.29) is 11.9 Å². The van der Waals surface area contributed by atoms with E-state index in [0.29, 0.717) is 19.4 Å². The van der Waals surface area contributed by atoms with Gasteiger partial charge in [0.25, 0.3) is 0 Å². The van der Waals surface area contributed by atoms with Crippen molar-refractivity contribution in [1.82, 2.24) is 5.32 Å². The first-order valence-electron chi connectivity index (χ1n) is 6.74. The summed E-state index contributed by atoms with van der Waals surface area (Å²) in [6, 6.07) is 6.12. The van der Waals surface area contributed by atoms with Crippen LogP contribution in [0.4, 0.5) is 0 Å². The van der Waals surface area contributed by atoms with Crippen LogP contribution in [-0.4, -0.2) is 19.1 Å². The van der Waals surface area contributed by atoms with E-state index in [1.807, 2.05) is 19.1 Å². The number of rotatable bonds is 7. The molecule has 106 valence electrons. The molecule has 0 radical (unpaired) electrons. The van der Waals surface area contributed by atoms with Crippen molar-refractivity contribution in [2.75, 3.05) is 7.11 Å². The van der Waals surface area contributed by atoms with Crippen molar-refractivity contribution in [1.29, 1.82) is 0 Å². The van der Waals surface area contributed by atoms with Gasteiger partial charge in [-0.2, -0.15) is 0 Å². The Labute approximate surface area is 115 Å². The quantitative estimate of drug-likeness (QED) is 0.791. The van der Waals surface area contributed by atoms with Crippen molar-refractivity contribution >= 4 is 5.91 Å². The normalized spacial score (nSPS) is 12.0. The predicted molar refractivity (Wildman–Crippen MR) is 77.1 cm³/mol. The van der Waals surface area contributed by atoms with E-state index in [0.717, 1.165) is 17.7 Å². The van der Waals surface area contributed by atoms with Crippen LogP contribution >= 0.6 is 0 Å². The molecular weight excluding hydrogens is 240 g/mol. The van der Waals surface area contributed by atoms with Crippen LogP contribution in [0.3, 0.4) is 0 Å². The summed E-state index contributed by atoms with van der Waals surface area (Å²) in [6.45, 7) is 4.50. The van der Waals surface area contributed by atoms with Gasteiger partial charge < -0.3 is 15.8 Å². The maximum atomic E-state index is 11.7. The number of nitrogens with two attached hydrogens (primary N) is 1. The molecule has 0 heterocycles. The topological polar surface area (TPSA) is 64.3 Å². The average molecular weight is 264 g/mol. The van der Waals surface area contributed by atoms with Crippen molar-refractivity contribution < 1.29 is 9.53 Å². The molecule has 0 aliphatic heterocycles. The summed E-state index contributed by atoms with van der Waals surface area (Å²) < 4.78 is 5.30. The highest BCUT2D eigenvalue weighted by atomic mass is 16.5. The fraction of sp³-hybridized carbons (Fsp3) is 0.533. The van der Waals surface area contributed by atoms with Crippen molar-refractivity contribution in [2.24, 2.45) is 5.73 Å². The van der Waals surface area contributed by atoms with Gasteiger partial charge in [0.1, 0.15) is 5.75 Å². The largest absolute Gasteiger partial charge is 0.496 e. The number of hydrogen-bond donors (Lipinski definition) is 2. The zero-order chi connectivity index (χ0) is 14.3. The van der Waals surface area contributed by atoms with Crippen LogP contribution in [0.15, 0.2) is 18.2 Å². The Morgan fingerprint density at radius 3 is 2.79 bits per heavy atom. The summed E-state index contributed by atoms with van der Waals surface area (Å²) in [4.78, 5) is 11.7. The lowest BCUT2D eigenvalue weighted by Crippen LogP contribution is -2.25. The summed E-state index contributed by atoms with van der Waals surface area (Å²) in [5, 5.41) is 2.91. The van der Waals surface area contributed by atoms with Crippen molar-refractivity contribution in [2.45, 2.75) is 45.7 Å². The van der Waals surface area contributed by atoms with Crippen LogP contribution < -0.4 is 15.8 Å². The lowest BCUT2D eigenvalue weighted by Gasteiger charge is -2.12. The van der Waals surface area contributed by atoms with Crippen LogP contribution in [0, 0.1) is 0 Å². The summed E-state index contributed by atoms with van der Waals surface area (Å²) in [7, 11) is 1.64. The fourth-order valence-electron chi connectivity index (χ4n) is 1.83. The second-order valence-corrected chi connectivity index (χ2v) is 4.79. The number of ether oxygens (including phenoxy) is 1. The van der Waals surface area contributed by atoms with Crippen LogP contribution in [0.25, 0.3) is 0 Å². The van der Waals surface area contributed by atoms with Gasteiger partial charge >= 0.3 is 0 Å². The van der Waals surface area contributed by atoms with Crippen LogP contribution in [0.2, 0.25) is 0 Å². The number of carbonyl (C=O) groups is 1. The van der Waals surface area contributed by atoms with Crippen LogP contribution in [0.5, 0.6) is 5.75 Å². The third-order valence-electron chi connectivity index (χ3n) is 3.06. The molecule has 3 N–H and O–H groups in total. The van der Waals surface area contributed by atoms with E-state index in [2.05, 4.69) is 18.3 Å². The third kappa shape index (κ3) is 5.30. The molecule has 0 aliphatic rings. The second-order valence-electron chi connectivity index (χ2n) is 4.79. The molecule has 1 rings (SSSR count). The molecular formula is C15H24N2O2. The molecule has 4 nitrogen and oxygen atoms in total. The smallest absolute Gasteiger partial charge is 0.220 e. The van der Waals surface area contributed by atoms with Crippen LogP contribution in [-0.2, 0) is 17.8 Å². The highest BCUT2D eigenvalue weighted by Gasteiger charge is 2.07. The Balaban J connectivity index is 2.58. The Morgan fingerprint density at radius 2 is 2.21 bits per heavy atom. The van der Waals surface area contributed by atoms with Crippen LogP contribution in [0.1, 0.15) is 37.8 Å². The minimum absolute atomic E-state index is 0.0289. The van der Waals surface area contributed by atoms with E-state index in [1.54, 1.807) is 7.11 Å². The molecule has 19 heavy (non-hydrogen) atoms. The van der Waals surface area contributed by atoms with Gasteiger partial charge in [-0.3, -0.25) is 4.79 Å². The molecule has 0 bridgehead atoms. The molecule has 4 heteroatoms. The predicted octanol–water partition coefficient (Wildman–Crippen LogP) is 2.00. The molecule has 0 saturated carbocycles. The Hall–Kier alpha value is -1.55. The van der Waals surface area contributed by atoms with Gasteiger partial charge in [-0.15, -0.1) is 0 Å². The number of hydrogen-bond acceptors (Lipinski definition) is 3. The van der Waals surface area contributed by atoms with E-state index in [9.17, 15) is 4.79 Å². The van der Waals surface area contributed by atoms with Crippen molar-refractivity contribution in [3.63, 3.8) is 0 Å². The molecule has 1 aromatic carbocycles. The third-order valence-corrected chi connectivity index (χ3v) is 3.06. The van der Waals surface area contributed by atoms with Gasteiger partial charge in [-0.25, -0.2) is 0 Å². The summed E-state index contributed by atoms with van der Waals surface area (Å²) in [5.74, 6) is 0.839. The standard InChI is InChI=1S/C15H24N2O2/c1-4-12-6-7-14(19-3)13(9-12)10-17-15(18)8-5-11(2)16/h6-7,9,11H,4-5,8,10,16H2,1-3H3,(H,17,18). The molecule has 0 aromatic heterocycles. The maximum Gasteiger partial charge on any atom is 0.220 e. The molecule has 1 atom stereocenters. The minimum atomic E-state index is 0.0289. The summed E-state index contributed by atoms with van der Waals surface area (Å²) in [5.41, 5.74) is 7.88. The lowest BCUT2D eigenvalue weighted by molar-refractivity contribution is -0.121. The number of nitrogens with one attached hydrogen (secondary N) is 1. The molecule has 1 amide bonds. The number of amides is 1. The fourth-order valence-corrected chi connectivity index (χ4v) is 1.83. The Kier molecular flexibility index (Phi) is 6.36. The van der Waals surface area contributed by atoms with Gasteiger partial charge in [0.15, 0.2) is 0 Å². The number of methoxy groups -OCH3 is 1. The SMILES string of the molecule is CCc1ccc(OC)c(CNC(=O)CCC(C)N)c1. The monoisotopic (exact) mass is 264 g/mol. The van der Waals surface area contributed by atoms with Gasteiger partial charge in [0.2, 0.25) is 5.91 Å². The lowest BCUT2D eigenvalue weighted by atomic mass is 10.1. The molecule has 1 aromatic rings. The minimum Gasteiger partial charge on any atom is -0.496 e. The molecule has 0 aliphatic carbocycles. The highest BCUT2D eigenvalue weighted by molar-refractivity contribution is 5.75. The zero-order valence-corrected chi connectivity index (χ0v) is 12.0. The Morgan fingerprint density at radius 1 is 1.47 bits per heavy atom. The number of benzene rings is 1. The Bertz CT molecular complexity index is 417. The molecule has 0 saturated heterocycles. The van der Waals surface area contributed by atoms with E-state index >= 15 is 0 Å². The van der Waals surface area contributed by atoms with E-state index in [4.69, 9.17) is 10.5 Å². The van der Waals surface area contributed by atoms with Gasteiger partial charge in [0, 0.05) is 24.6 Å². The van der Waals surface area contributed by atoms with Gasteiger partial charge in [0.05, 0.1) is 7.11 Å². The second kappa shape index (κ2) is 7.79. The van der Waals surface area contributed by atoms with E-state index in [1.165, 1.54) is 5.56 Å². The van der Waals surface area contributed by atoms with E-state index < -0.39 is 0 Å². The average Bonchev–Trinajstić information content (AvgIpc) is 2.42. The number of carbonyl (C=O) groups excluding carboxylic acids is 1. The molecule has 1 unspecified atom stereocenters. The van der Waals surface area contributed by atoms with Crippen molar-refractivity contribution in [3.8, 4) is 5.75 Å². The first-order chi connectivity index (χ1) is 9.06. The first kappa shape index (κ1) is 15.5. The summed E-state index contributed by atoms with van der Waals surface area (Å²) in [6.07, 6.45) is 2.14. The van der Waals surface area contributed by atoms with Gasteiger partial charge in [-0.05, 0) is 31.4 Å².